The Labute approximate surface area is 196 Å². The Bertz CT molecular complexity index is 1320. The molecule has 8 nitrogen and oxygen atoms in total. The standard InChI is InChI=1S/C24H20F3NO7/c1-12-7-17(29)21(23(31)35-12)16(13-8-18(32-2)22-19(9-13)33-11-34-22)10-20(30)28-15-5-3-14(4-6-15)24(25,26)27/h3-9,16,29H,10-11H2,1-2H3,(H,28,30)/t16-/m1/s1. The first-order valence-corrected chi connectivity index (χ1v) is 10.3. The molecule has 35 heavy (non-hydrogen) atoms. The van der Waals surface area contributed by atoms with Crippen molar-refractivity contribution >= 4 is 11.6 Å². The van der Waals surface area contributed by atoms with Crippen LogP contribution in [0.4, 0.5) is 18.9 Å². The van der Waals surface area contributed by atoms with Gasteiger partial charge in [-0.05, 0) is 48.9 Å². The van der Waals surface area contributed by atoms with Crippen molar-refractivity contribution in [3.8, 4) is 23.0 Å². The maximum atomic E-state index is 12.9. The highest BCUT2D eigenvalue weighted by Gasteiger charge is 2.31. The van der Waals surface area contributed by atoms with Crippen LogP contribution < -0.4 is 25.2 Å². The van der Waals surface area contributed by atoms with E-state index in [9.17, 15) is 27.9 Å². The third-order valence-electron chi connectivity index (χ3n) is 5.41. The van der Waals surface area contributed by atoms with Gasteiger partial charge >= 0.3 is 11.8 Å². The van der Waals surface area contributed by atoms with Gasteiger partial charge in [0.2, 0.25) is 18.4 Å². The first-order chi connectivity index (χ1) is 16.6. The van der Waals surface area contributed by atoms with E-state index in [4.69, 9.17) is 18.6 Å². The zero-order valence-electron chi connectivity index (χ0n) is 18.6. The van der Waals surface area contributed by atoms with E-state index in [-0.39, 0.29) is 36.0 Å². The molecule has 2 aromatic carbocycles. The third-order valence-corrected chi connectivity index (χ3v) is 5.41. The lowest BCUT2D eigenvalue weighted by Crippen LogP contribution is -2.21. The summed E-state index contributed by atoms with van der Waals surface area (Å²) in [5.41, 5.74) is -1.35. The number of alkyl halides is 3. The van der Waals surface area contributed by atoms with E-state index in [2.05, 4.69) is 5.32 Å². The van der Waals surface area contributed by atoms with Gasteiger partial charge in [0.05, 0.1) is 18.2 Å². The van der Waals surface area contributed by atoms with Crippen LogP contribution in [0, 0.1) is 6.92 Å². The van der Waals surface area contributed by atoms with Crippen LogP contribution in [0.5, 0.6) is 23.0 Å². The summed E-state index contributed by atoms with van der Waals surface area (Å²) in [6.45, 7) is 1.44. The number of fused-ring (bicyclic) bond motifs is 1. The third kappa shape index (κ3) is 5.03. The molecule has 0 saturated carbocycles. The van der Waals surface area contributed by atoms with E-state index in [1.165, 1.54) is 20.1 Å². The van der Waals surface area contributed by atoms with Crippen LogP contribution >= 0.6 is 0 Å². The van der Waals surface area contributed by atoms with Gasteiger partial charge in [-0.25, -0.2) is 4.79 Å². The maximum Gasteiger partial charge on any atom is 0.416 e. The van der Waals surface area contributed by atoms with Crippen molar-refractivity contribution in [1.82, 2.24) is 0 Å². The molecular weight excluding hydrogens is 471 g/mol. The molecule has 0 saturated heterocycles. The molecule has 1 amide bonds. The number of nitrogens with one attached hydrogen (secondary N) is 1. The van der Waals surface area contributed by atoms with Crippen LogP contribution in [0.1, 0.15) is 34.8 Å². The fourth-order valence-corrected chi connectivity index (χ4v) is 3.80. The minimum absolute atomic E-state index is 0.0495. The van der Waals surface area contributed by atoms with Crippen molar-refractivity contribution in [3.05, 3.63) is 75.3 Å². The Morgan fingerprint density at radius 2 is 1.89 bits per heavy atom. The summed E-state index contributed by atoms with van der Waals surface area (Å²) < 4.78 is 59.7. The van der Waals surface area contributed by atoms with Gasteiger partial charge in [0.15, 0.2) is 11.5 Å². The molecule has 4 rings (SSSR count). The summed E-state index contributed by atoms with van der Waals surface area (Å²) in [4.78, 5) is 25.6. The van der Waals surface area contributed by atoms with Gasteiger partial charge in [0.1, 0.15) is 11.5 Å². The second-order valence-electron chi connectivity index (χ2n) is 7.78. The van der Waals surface area contributed by atoms with Crippen molar-refractivity contribution < 1.29 is 41.7 Å². The summed E-state index contributed by atoms with van der Waals surface area (Å²) >= 11 is 0. The number of hydrogen-bond donors (Lipinski definition) is 2. The lowest BCUT2D eigenvalue weighted by Gasteiger charge is -2.19. The fraction of sp³-hybridized carbons (Fsp3) is 0.250. The summed E-state index contributed by atoms with van der Waals surface area (Å²) in [5.74, 6) is -0.863. The second kappa shape index (κ2) is 9.24. The summed E-state index contributed by atoms with van der Waals surface area (Å²) in [7, 11) is 1.41. The molecular formula is C24H20F3NO7. The normalized spacial score (nSPS) is 13.4. The number of hydrogen-bond acceptors (Lipinski definition) is 7. The number of carbonyl (C=O) groups is 1. The van der Waals surface area contributed by atoms with Crippen molar-refractivity contribution in [2.75, 3.05) is 19.2 Å². The van der Waals surface area contributed by atoms with Gasteiger partial charge in [-0.1, -0.05) is 0 Å². The van der Waals surface area contributed by atoms with Crippen LogP contribution in [-0.4, -0.2) is 24.9 Å². The molecule has 0 spiro atoms. The molecule has 0 aliphatic carbocycles. The van der Waals surface area contributed by atoms with Gasteiger partial charge in [-0.2, -0.15) is 13.2 Å². The van der Waals surface area contributed by atoms with Crippen LogP contribution in [0.3, 0.4) is 0 Å². The highest BCUT2D eigenvalue weighted by Crippen LogP contribution is 2.45. The smallest absolute Gasteiger partial charge is 0.416 e. The van der Waals surface area contributed by atoms with E-state index in [0.717, 1.165) is 24.3 Å². The first kappa shape index (κ1) is 24.0. The van der Waals surface area contributed by atoms with Crippen LogP contribution in [0.25, 0.3) is 0 Å². The molecule has 1 aromatic heterocycles. The van der Waals surface area contributed by atoms with Gasteiger partial charge in [-0.3, -0.25) is 4.79 Å². The highest BCUT2D eigenvalue weighted by molar-refractivity contribution is 5.91. The average molecular weight is 491 g/mol. The molecule has 0 fully saturated rings. The quantitative estimate of drug-likeness (QED) is 0.520. The predicted octanol–water partition coefficient (Wildman–Crippen LogP) is 4.57. The molecule has 1 aliphatic rings. The molecule has 184 valence electrons. The number of methoxy groups -OCH3 is 1. The summed E-state index contributed by atoms with van der Waals surface area (Å²) in [6.07, 6.45) is -4.87. The monoisotopic (exact) mass is 491 g/mol. The lowest BCUT2D eigenvalue weighted by atomic mass is 9.88. The molecule has 0 unspecified atom stereocenters. The lowest BCUT2D eigenvalue weighted by molar-refractivity contribution is -0.137. The van der Waals surface area contributed by atoms with Gasteiger partial charge in [0.25, 0.3) is 0 Å². The number of benzene rings is 2. The Balaban J connectivity index is 1.70. The van der Waals surface area contributed by atoms with Crippen LogP contribution in [0.2, 0.25) is 0 Å². The predicted molar refractivity (Wildman–Crippen MR) is 117 cm³/mol. The van der Waals surface area contributed by atoms with E-state index < -0.39 is 29.2 Å². The SMILES string of the molecule is COc1cc([C@@H](CC(=O)Nc2ccc(C(F)(F)F)cc2)c2c(O)cc(C)oc2=O)cc2c1OCO2. The molecule has 1 atom stereocenters. The second-order valence-corrected chi connectivity index (χ2v) is 7.78. The number of rotatable bonds is 6. The van der Waals surface area contributed by atoms with E-state index in [0.29, 0.717) is 22.8 Å². The van der Waals surface area contributed by atoms with E-state index >= 15 is 0 Å². The highest BCUT2D eigenvalue weighted by atomic mass is 19.4. The fourth-order valence-electron chi connectivity index (χ4n) is 3.80. The molecule has 3 aromatic rings. The zero-order chi connectivity index (χ0) is 25.3. The summed E-state index contributed by atoms with van der Waals surface area (Å²) in [5, 5.41) is 13.1. The van der Waals surface area contributed by atoms with Crippen molar-refractivity contribution in [1.29, 1.82) is 0 Å². The number of anilines is 1. The number of aryl methyl sites for hydroxylation is 1. The first-order valence-electron chi connectivity index (χ1n) is 10.3. The van der Waals surface area contributed by atoms with Crippen LogP contribution in [-0.2, 0) is 11.0 Å². The summed E-state index contributed by atoms with van der Waals surface area (Å²) in [6, 6.07) is 8.28. The molecule has 2 heterocycles. The number of aromatic hydroxyl groups is 1. The minimum Gasteiger partial charge on any atom is -0.507 e. The van der Waals surface area contributed by atoms with Gasteiger partial charge < -0.3 is 29.1 Å². The largest absolute Gasteiger partial charge is 0.507 e. The van der Waals surface area contributed by atoms with Crippen molar-refractivity contribution in [2.24, 2.45) is 0 Å². The van der Waals surface area contributed by atoms with Crippen molar-refractivity contribution in [2.45, 2.75) is 25.4 Å². The van der Waals surface area contributed by atoms with E-state index in [1.54, 1.807) is 12.1 Å². The Morgan fingerprint density at radius 1 is 1.17 bits per heavy atom. The zero-order valence-corrected chi connectivity index (χ0v) is 18.6. The molecule has 0 radical (unpaired) electrons. The Hall–Kier alpha value is -4.15. The number of carbonyl (C=O) groups excluding carboxylic acids is 1. The van der Waals surface area contributed by atoms with Crippen LogP contribution in [0.15, 0.2) is 51.7 Å². The molecule has 0 bridgehead atoms. The number of halogens is 3. The minimum atomic E-state index is -4.51. The Morgan fingerprint density at radius 3 is 2.51 bits per heavy atom. The van der Waals surface area contributed by atoms with Gasteiger partial charge in [-0.15, -0.1) is 0 Å². The number of ether oxygens (including phenoxy) is 3. The topological polar surface area (TPSA) is 107 Å². The molecule has 11 heteroatoms. The maximum absolute atomic E-state index is 12.9. The van der Waals surface area contributed by atoms with E-state index in [1.807, 2.05) is 0 Å². The van der Waals surface area contributed by atoms with Gasteiger partial charge in [0, 0.05) is 24.1 Å². The number of amides is 1. The van der Waals surface area contributed by atoms with Crippen molar-refractivity contribution in [3.63, 3.8) is 0 Å². The average Bonchev–Trinajstić information content (AvgIpc) is 3.25. The Kier molecular flexibility index (Phi) is 6.33. The molecule has 2 N–H and O–H groups in total. The molecule has 1 aliphatic heterocycles.